The second-order valence-electron chi connectivity index (χ2n) is 3.31. The Labute approximate surface area is 84.4 Å². The predicted octanol–water partition coefficient (Wildman–Crippen LogP) is 1.97. The van der Waals surface area contributed by atoms with Gasteiger partial charge < -0.3 is 12.3 Å². The molecule has 1 saturated heterocycles. The first kappa shape index (κ1) is 12.1. The summed E-state index contributed by atoms with van der Waals surface area (Å²) in [5.74, 6) is 0. The second-order valence-corrected chi connectivity index (χ2v) is 11.1. The van der Waals surface area contributed by atoms with E-state index in [1.807, 2.05) is 0 Å². The standard InChI is InChI=1S/C5H9F3O3Si3/c1-13(2)9-12-10-14(3,11-13)5(8)4(6)7/h1-3H3. The summed E-state index contributed by atoms with van der Waals surface area (Å²) in [5, 5.41) is 0. The highest BCUT2D eigenvalue weighted by Crippen LogP contribution is 2.30. The largest absolute Gasteiger partial charge is 0.414 e. The first-order chi connectivity index (χ1) is 6.27. The van der Waals surface area contributed by atoms with Crippen molar-refractivity contribution >= 4 is 27.1 Å². The van der Waals surface area contributed by atoms with Gasteiger partial charge in [0.05, 0.1) is 0 Å². The molecule has 0 bridgehead atoms. The van der Waals surface area contributed by atoms with Crippen molar-refractivity contribution in [3.63, 3.8) is 0 Å². The minimum atomic E-state index is -3.53. The van der Waals surface area contributed by atoms with Crippen LogP contribution in [0.1, 0.15) is 0 Å². The van der Waals surface area contributed by atoms with E-state index in [9.17, 15) is 13.2 Å². The Morgan fingerprint density at radius 3 is 2.07 bits per heavy atom. The van der Waals surface area contributed by atoms with Crippen molar-refractivity contribution < 1.29 is 25.5 Å². The fourth-order valence-electron chi connectivity index (χ4n) is 0.973. The number of rotatable bonds is 1. The summed E-state index contributed by atoms with van der Waals surface area (Å²) < 4.78 is 52.4. The molecule has 3 nitrogen and oxygen atoms in total. The molecule has 0 N–H and O–H groups in total. The van der Waals surface area contributed by atoms with E-state index < -0.39 is 38.7 Å². The smallest absolute Gasteiger partial charge is 0.413 e. The average molecular weight is 258 g/mol. The third-order valence-electron chi connectivity index (χ3n) is 1.53. The monoisotopic (exact) mass is 258 g/mol. The summed E-state index contributed by atoms with van der Waals surface area (Å²) in [6.07, 6.45) is -2.37. The third kappa shape index (κ3) is 2.55. The molecule has 1 fully saturated rings. The summed E-state index contributed by atoms with van der Waals surface area (Å²) in [6, 6.07) is 0. The van der Waals surface area contributed by atoms with Gasteiger partial charge in [-0.25, -0.2) is 4.39 Å². The van der Waals surface area contributed by atoms with Crippen LogP contribution in [-0.4, -0.2) is 27.1 Å². The van der Waals surface area contributed by atoms with Crippen molar-refractivity contribution in [2.24, 2.45) is 0 Å². The van der Waals surface area contributed by atoms with Crippen LogP contribution in [0.25, 0.3) is 0 Å². The number of halogens is 3. The Morgan fingerprint density at radius 1 is 1.07 bits per heavy atom. The number of hydrogen-bond acceptors (Lipinski definition) is 3. The Hall–Kier alpha value is 0.0606. The lowest BCUT2D eigenvalue weighted by molar-refractivity contribution is 0.257. The zero-order chi connectivity index (χ0) is 11.0. The SMILES string of the molecule is C[Si]1(C)O[Si]O[Si](C)(C(F)=C(F)F)O1. The van der Waals surface area contributed by atoms with Gasteiger partial charge in [-0.3, -0.25) is 0 Å². The third-order valence-corrected chi connectivity index (χ3v) is 10.2. The molecular weight excluding hydrogens is 249 g/mol. The molecule has 0 aromatic heterocycles. The van der Waals surface area contributed by atoms with E-state index in [0.29, 0.717) is 0 Å². The maximum Gasteiger partial charge on any atom is 0.413 e. The maximum atomic E-state index is 13.1. The van der Waals surface area contributed by atoms with Crippen molar-refractivity contribution in [1.82, 2.24) is 0 Å². The Balaban J connectivity index is 2.90. The quantitative estimate of drug-likeness (QED) is 0.673. The summed E-state index contributed by atoms with van der Waals surface area (Å²) in [7, 11) is -6.44. The predicted molar refractivity (Wildman–Crippen MR) is 48.5 cm³/mol. The fourth-order valence-corrected chi connectivity index (χ4v) is 8.85. The van der Waals surface area contributed by atoms with Crippen LogP contribution in [0, 0.1) is 0 Å². The number of hydrogen-bond donors (Lipinski definition) is 0. The summed E-state index contributed by atoms with van der Waals surface area (Å²) in [5.41, 5.74) is -1.55. The van der Waals surface area contributed by atoms with Gasteiger partial charge in [-0.15, -0.1) is 0 Å². The fraction of sp³-hybridized carbons (Fsp3) is 0.600. The second kappa shape index (κ2) is 3.90. The molecule has 2 radical (unpaired) electrons. The van der Waals surface area contributed by atoms with Crippen LogP contribution in [0.4, 0.5) is 13.2 Å². The van der Waals surface area contributed by atoms with E-state index in [-0.39, 0.29) is 0 Å². The molecular formula is C5H9F3O3Si3. The summed E-state index contributed by atoms with van der Waals surface area (Å²) in [6.45, 7) is 4.58. The highest BCUT2D eigenvalue weighted by Gasteiger charge is 2.50. The highest BCUT2D eigenvalue weighted by molar-refractivity contribution is 6.88. The zero-order valence-corrected chi connectivity index (χ0v) is 10.9. The van der Waals surface area contributed by atoms with Crippen LogP contribution >= 0.6 is 0 Å². The van der Waals surface area contributed by atoms with E-state index in [4.69, 9.17) is 12.3 Å². The topological polar surface area (TPSA) is 27.7 Å². The molecule has 14 heavy (non-hydrogen) atoms. The first-order valence-corrected chi connectivity index (χ1v) is 9.74. The lowest BCUT2D eigenvalue weighted by atomic mass is 11.1. The van der Waals surface area contributed by atoms with Crippen LogP contribution in [0.2, 0.25) is 19.6 Å². The average Bonchev–Trinajstić information content (AvgIpc) is 2.00. The first-order valence-electron chi connectivity index (χ1n) is 3.79. The van der Waals surface area contributed by atoms with Gasteiger partial charge in [0.1, 0.15) is 0 Å². The van der Waals surface area contributed by atoms with Crippen LogP contribution < -0.4 is 0 Å². The van der Waals surface area contributed by atoms with E-state index in [0.717, 1.165) is 0 Å². The van der Waals surface area contributed by atoms with Gasteiger partial charge >= 0.3 is 33.2 Å². The maximum absolute atomic E-state index is 13.1. The summed E-state index contributed by atoms with van der Waals surface area (Å²) >= 11 is 0. The van der Waals surface area contributed by atoms with E-state index >= 15 is 0 Å². The van der Waals surface area contributed by atoms with Crippen molar-refractivity contribution in [3.8, 4) is 0 Å². The normalized spacial score (nSPS) is 31.3. The van der Waals surface area contributed by atoms with Gasteiger partial charge in [0.15, 0.2) is 0 Å². The van der Waals surface area contributed by atoms with Crippen molar-refractivity contribution in [2.75, 3.05) is 0 Å². The molecule has 1 atom stereocenters. The molecule has 0 aliphatic carbocycles. The van der Waals surface area contributed by atoms with Gasteiger partial charge in [0.25, 0.3) is 0 Å². The Kier molecular flexibility index (Phi) is 3.38. The molecule has 1 aliphatic rings. The highest BCUT2D eigenvalue weighted by atomic mass is 28.5. The van der Waals surface area contributed by atoms with E-state index in [2.05, 4.69) is 0 Å². The van der Waals surface area contributed by atoms with Gasteiger partial charge in [-0.2, -0.15) is 8.78 Å². The molecule has 1 rings (SSSR count). The molecule has 9 heteroatoms. The van der Waals surface area contributed by atoms with Crippen LogP contribution in [-0.2, 0) is 12.3 Å². The van der Waals surface area contributed by atoms with Crippen LogP contribution in [0.5, 0.6) is 0 Å². The van der Waals surface area contributed by atoms with Gasteiger partial charge in [0, 0.05) is 0 Å². The molecule has 0 spiro atoms. The Bertz CT molecular complexity index is 268. The molecule has 1 unspecified atom stereocenters. The zero-order valence-electron chi connectivity index (χ0n) is 7.86. The molecule has 0 aromatic rings. The molecule has 80 valence electrons. The lowest BCUT2D eigenvalue weighted by Gasteiger charge is -2.37. The summed E-state index contributed by atoms with van der Waals surface area (Å²) in [4.78, 5) is 0. The molecule has 1 heterocycles. The minimum absolute atomic E-state index is 0.419. The molecule has 1 aliphatic heterocycles. The Morgan fingerprint density at radius 2 is 1.64 bits per heavy atom. The van der Waals surface area contributed by atoms with Crippen LogP contribution in [0.3, 0.4) is 0 Å². The van der Waals surface area contributed by atoms with E-state index in [1.165, 1.54) is 6.55 Å². The molecule has 0 amide bonds. The van der Waals surface area contributed by atoms with Gasteiger partial charge in [-0.05, 0) is 19.6 Å². The lowest BCUT2D eigenvalue weighted by Crippen LogP contribution is -2.57. The molecule has 0 aromatic carbocycles. The van der Waals surface area contributed by atoms with Crippen molar-refractivity contribution in [2.45, 2.75) is 19.6 Å². The van der Waals surface area contributed by atoms with Crippen LogP contribution in [0.15, 0.2) is 11.5 Å². The van der Waals surface area contributed by atoms with Gasteiger partial charge in [0.2, 0.25) is 5.45 Å². The minimum Gasteiger partial charge on any atom is -0.414 e. The molecule has 0 saturated carbocycles. The van der Waals surface area contributed by atoms with Crippen molar-refractivity contribution in [1.29, 1.82) is 0 Å². The van der Waals surface area contributed by atoms with Crippen molar-refractivity contribution in [3.05, 3.63) is 11.5 Å². The van der Waals surface area contributed by atoms with E-state index in [1.54, 1.807) is 13.1 Å². The van der Waals surface area contributed by atoms with Gasteiger partial charge in [-0.1, -0.05) is 0 Å².